The number of amides is 2. The first-order valence-electron chi connectivity index (χ1n) is 7.63. The average Bonchev–Trinajstić information content (AvgIpc) is 2.55. The highest BCUT2D eigenvalue weighted by Crippen LogP contribution is 2.29. The number of benzene rings is 1. The zero-order valence-electron chi connectivity index (χ0n) is 12.8. The van der Waals surface area contributed by atoms with Crippen LogP contribution in [0.1, 0.15) is 42.5 Å². The number of anilines is 1. The van der Waals surface area contributed by atoms with Crippen LogP contribution in [0.2, 0.25) is 0 Å². The van der Waals surface area contributed by atoms with E-state index < -0.39 is 17.3 Å². The fraction of sp³-hybridized carbons (Fsp3) is 0.438. The summed E-state index contributed by atoms with van der Waals surface area (Å²) in [6, 6.07) is 3.82. The number of halogens is 1. The molecule has 0 bridgehead atoms. The molecular formula is C16H21FN4O2. The van der Waals surface area contributed by atoms with Crippen LogP contribution in [0, 0.1) is 11.2 Å². The van der Waals surface area contributed by atoms with Crippen molar-refractivity contribution in [3.8, 4) is 0 Å². The Balaban J connectivity index is 2.19. The Kier molecular flexibility index (Phi) is 5.31. The number of carbonyl (C=O) groups excluding carboxylic acids is 2. The van der Waals surface area contributed by atoms with Gasteiger partial charge in [-0.1, -0.05) is 19.3 Å². The second-order valence-electron chi connectivity index (χ2n) is 5.75. The van der Waals surface area contributed by atoms with Crippen LogP contribution in [-0.2, 0) is 4.79 Å². The molecule has 1 aromatic carbocycles. The Morgan fingerprint density at radius 2 is 2.00 bits per heavy atom. The monoisotopic (exact) mass is 320 g/mol. The number of rotatable bonds is 5. The quantitative estimate of drug-likeness (QED) is 0.489. The molecular weight excluding hydrogens is 299 g/mol. The number of nitrogens with two attached hydrogens (primary N) is 1. The summed E-state index contributed by atoms with van der Waals surface area (Å²) in [6.45, 7) is 0.118. The fourth-order valence-corrected chi connectivity index (χ4v) is 2.83. The molecule has 0 heterocycles. The second-order valence-corrected chi connectivity index (χ2v) is 5.75. The van der Waals surface area contributed by atoms with Gasteiger partial charge in [-0.3, -0.25) is 9.59 Å². The first kappa shape index (κ1) is 16.9. The van der Waals surface area contributed by atoms with Crippen LogP contribution in [-0.4, -0.2) is 30.1 Å². The van der Waals surface area contributed by atoms with Crippen molar-refractivity contribution in [3.63, 3.8) is 0 Å². The summed E-state index contributed by atoms with van der Waals surface area (Å²) >= 11 is 0. The number of nitrogens with one attached hydrogen (secondary N) is 3. The zero-order valence-corrected chi connectivity index (χ0v) is 12.8. The summed E-state index contributed by atoms with van der Waals surface area (Å²) in [5.74, 6) is -1.47. The lowest BCUT2D eigenvalue weighted by atomic mass is 9.80. The van der Waals surface area contributed by atoms with Crippen LogP contribution < -0.4 is 16.4 Å². The van der Waals surface area contributed by atoms with Gasteiger partial charge >= 0.3 is 0 Å². The van der Waals surface area contributed by atoms with Crippen molar-refractivity contribution in [2.75, 3.05) is 12.3 Å². The van der Waals surface area contributed by atoms with E-state index in [1.807, 2.05) is 0 Å². The molecule has 0 spiro atoms. The van der Waals surface area contributed by atoms with Gasteiger partial charge in [0, 0.05) is 11.8 Å². The van der Waals surface area contributed by atoms with Crippen LogP contribution >= 0.6 is 0 Å². The predicted molar refractivity (Wildman–Crippen MR) is 85.9 cm³/mol. The van der Waals surface area contributed by atoms with Crippen LogP contribution in [0.5, 0.6) is 0 Å². The third-order valence-corrected chi connectivity index (χ3v) is 4.12. The Morgan fingerprint density at radius 3 is 2.61 bits per heavy atom. The molecule has 124 valence electrons. The molecule has 6 nitrogen and oxygen atoms in total. The van der Waals surface area contributed by atoms with Crippen molar-refractivity contribution >= 4 is 23.7 Å². The van der Waals surface area contributed by atoms with Crippen LogP contribution in [0.3, 0.4) is 0 Å². The van der Waals surface area contributed by atoms with E-state index in [2.05, 4.69) is 10.6 Å². The molecule has 0 radical (unpaired) electrons. The smallest absolute Gasteiger partial charge is 0.252 e. The van der Waals surface area contributed by atoms with Gasteiger partial charge in [0.2, 0.25) is 5.91 Å². The van der Waals surface area contributed by atoms with Crippen molar-refractivity contribution < 1.29 is 14.0 Å². The van der Waals surface area contributed by atoms with Gasteiger partial charge in [0.25, 0.3) is 5.91 Å². The van der Waals surface area contributed by atoms with Crippen molar-refractivity contribution in [1.29, 1.82) is 5.41 Å². The van der Waals surface area contributed by atoms with E-state index in [9.17, 15) is 14.0 Å². The van der Waals surface area contributed by atoms with E-state index in [1.165, 1.54) is 12.1 Å². The van der Waals surface area contributed by atoms with E-state index in [0.717, 1.165) is 31.5 Å². The second kappa shape index (κ2) is 7.21. The number of carbonyl (C=O) groups is 2. The molecule has 1 aliphatic rings. The average molecular weight is 320 g/mol. The lowest BCUT2D eigenvalue weighted by molar-refractivity contribution is -0.128. The van der Waals surface area contributed by atoms with E-state index in [-0.39, 0.29) is 23.7 Å². The summed E-state index contributed by atoms with van der Waals surface area (Å²) < 4.78 is 13.5. The van der Waals surface area contributed by atoms with Gasteiger partial charge in [0.1, 0.15) is 11.4 Å². The molecule has 0 atom stereocenters. The lowest BCUT2D eigenvalue weighted by Gasteiger charge is -2.36. The normalized spacial score (nSPS) is 16.4. The number of hydrogen-bond donors (Lipinski definition) is 4. The Labute approximate surface area is 134 Å². The highest BCUT2D eigenvalue weighted by molar-refractivity contribution is 5.99. The molecule has 2 amide bonds. The molecule has 0 saturated heterocycles. The van der Waals surface area contributed by atoms with E-state index >= 15 is 0 Å². The third-order valence-electron chi connectivity index (χ3n) is 4.12. The summed E-state index contributed by atoms with van der Waals surface area (Å²) in [7, 11) is 0. The van der Waals surface area contributed by atoms with Gasteiger partial charge in [-0.25, -0.2) is 4.39 Å². The van der Waals surface area contributed by atoms with Gasteiger partial charge in [-0.2, -0.15) is 0 Å². The molecule has 23 heavy (non-hydrogen) atoms. The third kappa shape index (κ3) is 3.85. The molecule has 2 rings (SSSR count). The minimum Gasteiger partial charge on any atom is -0.396 e. The Bertz CT molecular complexity index is 612. The van der Waals surface area contributed by atoms with Gasteiger partial charge in [-0.05, 0) is 31.0 Å². The maximum absolute atomic E-state index is 13.5. The number of hydrogen-bond acceptors (Lipinski definition) is 4. The summed E-state index contributed by atoms with van der Waals surface area (Å²) in [4.78, 5) is 24.9. The van der Waals surface area contributed by atoms with E-state index in [4.69, 9.17) is 11.1 Å². The largest absolute Gasteiger partial charge is 0.396 e. The molecule has 7 heteroatoms. The minimum atomic E-state index is -1.00. The molecule has 0 aromatic heterocycles. The first-order chi connectivity index (χ1) is 11.0. The predicted octanol–water partition coefficient (Wildman–Crippen LogP) is 1.61. The molecule has 0 aliphatic heterocycles. The number of nitrogen functional groups attached to an aromatic ring is 1. The Morgan fingerprint density at radius 1 is 1.30 bits per heavy atom. The van der Waals surface area contributed by atoms with Gasteiger partial charge in [-0.15, -0.1) is 0 Å². The standard InChI is InChI=1S/C16H21FN4O2/c17-12-10-11(4-5-13(12)19)14(22)21-16(6-2-1-3-7-16)15(23)20-9-8-18/h4-5,8,10,18H,1-3,6-7,9,19H2,(H,20,23)(H,21,22). The minimum absolute atomic E-state index is 0.0299. The summed E-state index contributed by atoms with van der Waals surface area (Å²) in [5, 5.41) is 12.4. The SMILES string of the molecule is N=CCNC(=O)C1(NC(=O)c2ccc(N)c(F)c2)CCCCC1. The maximum Gasteiger partial charge on any atom is 0.252 e. The lowest BCUT2D eigenvalue weighted by Crippen LogP contribution is -2.59. The topological polar surface area (TPSA) is 108 Å². The molecule has 1 saturated carbocycles. The molecule has 0 unspecified atom stereocenters. The van der Waals surface area contributed by atoms with Crippen molar-refractivity contribution in [2.45, 2.75) is 37.6 Å². The maximum atomic E-state index is 13.5. The molecule has 1 fully saturated rings. The highest BCUT2D eigenvalue weighted by Gasteiger charge is 2.40. The first-order valence-corrected chi connectivity index (χ1v) is 7.63. The molecule has 1 aliphatic carbocycles. The van der Waals surface area contributed by atoms with E-state index in [1.54, 1.807) is 0 Å². The van der Waals surface area contributed by atoms with Gasteiger partial charge in [0.05, 0.1) is 12.2 Å². The van der Waals surface area contributed by atoms with Crippen LogP contribution in [0.15, 0.2) is 18.2 Å². The summed E-state index contributed by atoms with van der Waals surface area (Å²) in [6.07, 6.45) is 4.81. The van der Waals surface area contributed by atoms with Crippen molar-refractivity contribution in [3.05, 3.63) is 29.6 Å². The van der Waals surface area contributed by atoms with Gasteiger partial charge in [0.15, 0.2) is 0 Å². The highest BCUT2D eigenvalue weighted by atomic mass is 19.1. The molecule has 1 aromatic rings. The van der Waals surface area contributed by atoms with Crippen molar-refractivity contribution in [2.24, 2.45) is 0 Å². The van der Waals surface area contributed by atoms with Crippen LogP contribution in [0.4, 0.5) is 10.1 Å². The van der Waals surface area contributed by atoms with Crippen molar-refractivity contribution in [1.82, 2.24) is 10.6 Å². The molecule has 5 N–H and O–H groups in total. The summed E-state index contributed by atoms with van der Waals surface area (Å²) in [5.41, 5.74) is 4.50. The zero-order chi connectivity index (χ0) is 16.9. The van der Waals surface area contributed by atoms with E-state index in [0.29, 0.717) is 12.8 Å². The fourth-order valence-electron chi connectivity index (χ4n) is 2.83. The van der Waals surface area contributed by atoms with Gasteiger partial charge < -0.3 is 21.8 Å². The Hall–Kier alpha value is -2.44. The van der Waals surface area contributed by atoms with Crippen LogP contribution in [0.25, 0.3) is 0 Å².